The Morgan fingerprint density at radius 2 is 2.07 bits per heavy atom. The first-order valence-corrected chi connectivity index (χ1v) is 9.42. The average molecular weight is 410 g/mol. The molecule has 0 saturated carbocycles. The van der Waals surface area contributed by atoms with Crippen molar-refractivity contribution in [2.75, 3.05) is 13.6 Å². The van der Waals surface area contributed by atoms with Gasteiger partial charge in [0.25, 0.3) is 0 Å². The van der Waals surface area contributed by atoms with Gasteiger partial charge in [0, 0.05) is 47.7 Å². The third-order valence-corrected chi connectivity index (χ3v) is 5.33. The Hall–Kier alpha value is -2.18. The summed E-state index contributed by atoms with van der Waals surface area (Å²) in [5, 5.41) is 1.83. The van der Waals surface area contributed by atoms with E-state index in [0.717, 1.165) is 36.5 Å². The molecule has 0 spiro atoms. The van der Waals surface area contributed by atoms with Gasteiger partial charge in [-0.2, -0.15) is 13.2 Å². The summed E-state index contributed by atoms with van der Waals surface area (Å²) in [7, 11) is 2.09. The zero-order valence-electron chi connectivity index (χ0n) is 15.7. The molecule has 2 heterocycles. The summed E-state index contributed by atoms with van der Waals surface area (Å²) in [6.45, 7) is 6.19. The number of likely N-dealkylation sites (N-methyl/N-ethyl adjacent to an activating group) is 1. The number of alkyl halides is 3. The van der Waals surface area contributed by atoms with Gasteiger partial charge in [-0.1, -0.05) is 30.3 Å². The van der Waals surface area contributed by atoms with E-state index in [9.17, 15) is 13.2 Å². The van der Waals surface area contributed by atoms with Gasteiger partial charge in [-0.3, -0.25) is 0 Å². The van der Waals surface area contributed by atoms with Gasteiger partial charge in [0.2, 0.25) is 0 Å². The topological polar surface area (TPSA) is 34.2 Å². The summed E-state index contributed by atoms with van der Waals surface area (Å²) in [5.41, 5.74) is 8.29. The molecule has 1 aliphatic heterocycles. The molecule has 150 valence electrons. The number of hydrogen-bond acceptors (Lipinski definition) is 2. The van der Waals surface area contributed by atoms with Crippen molar-refractivity contribution in [1.29, 1.82) is 0 Å². The molecule has 0 amide bonds. The Balaban J connectivity index is 1.91. The van der Waals surface area contributed by atoms with E-state index in [1.54, 1.807) is 6.08 Å². The monoisotopic (exact) mass is 409 g/mol. The number of nitrogens with two attached hydrogens (primary N) is 1. The molecule has 0 fully saturated rings. The summed E-state index contributed by atoms with van der Waals surface area (Å²) in [6, 6.07) is 5.86. The van der Waals surface area contributed by atoms with E-state index in [2.05, 4.69) is 23.1 Å². The van der Waals surface area contributed by atoms with Gasteiger partial charge in [0.05, 0.1) is 0 Å². The molecule has 0 aliphatic carbocycles. The molecule has 0 bridgehead atoms. The predicted molar refractivity (Wildman–Crippen MR) is 108 cm³/mol. The van der Waals surface area contributed by atoms with Gasteiger partial charge in [0.15, 0.2) is 0 Å². The Kier molecular flexibility index (Phi) is 5.91. The fourth-order valence-corrected chi connectivity index (χ4v) is 3.77. The van der Waals surface area contributed by atoms with Crippen molar-refractivity contribution in [2.45, 2.75) is 32.1 Å². The number of aromatic nitrogens is 1. The maximum Gasteiger partial charge on any atom is 0.430 e. The molecule has 1 aliphatic rings. The van der Waals surface area contributed by atoms with E-state index in [4.69, 9.17) is 17.3 Å². The maximum absolute atomic E-state index is 12.6. The zero-order valence-corrected chi connectivity index (χ0v) is 16.4. The van der Waals surface area contributed by atoms with Gasteiger partial charge in [-0.25, -0.2) is 0 Å². The highest BCUT2D eigenvalue weighted by atomic mass is 35.5. The molecular formula is C21H23ClF3N3. The number of aryl methyl sites for hydroxylation is 1. The molecular weight excluding hydrogens is 387 g/mol. The van der Waals surface area contributed by atoms with Crippen molar-refractivity contribution in [3.05, 3.63) is 70.6 Å². The second kappa shape index (κ2) is 8.05. The Morgan fingerprint density at radius 1 is 1.32 bits per heavy atom. The number of benzene rings is 1. The summed E-state index contributed by atoms with van der Waals surface area (Å²) < 4.78 is 40.0. The van der Waals surface area contributed by atoms with Crippen molar-refractivity contribution in [2.24, 2.45) is 5.73 Å². The third-order valence-electron chi connectivity index (χ3n) is 5.10. The molecule has 0 saturated heterocycles. The summed E-state index contributed by atoms with van der Waals surface area (Å²) in [5.74, 6) is 0. The minimum absolute atomic E-state index is 0.555. The van der Waals surface area contributed by atoms with Gasteiger partial charge in [-0.15, -0.1) is 0 Å². The Morgan fingerprint density at radius 3 is 2.75 bits per heavy atom. The molecule has 1 aromatic heterocycles. The van der Waals surface area contributed by atoms with Crippen LogP contribution < -0.4 is 5.73 Å². The van der Waals surface area contributed by atoms with E-state index in [1.807, 2.05) is 18.2 Å². The van der Waals surface area contributed by atoms with Crippen molar-refractivity contribution in [3.63, 3.8) is 0 Å². The Bertz CT molecular complexity index is 954. The number of nitrogens with zero attached hydrogens (tertiary/aromatic N) is 2. The van der Waals surface area contributed by atoms with Crippen LogP contribution in [0.25, 0.3) is 10.9 Å². The highest BCUT2D eigenvalue weighted by molar-refractivity contribution is 6.31. The van der Waals surface area contributed by atoms with E-state index in [0.29, 0.717) is 23.6 Å². The fourth-order valence-electron chi connectivity index (χ4n) is 3.60. The number of halogens is 4. The van der Waals surface area contributed by atoms with Crippen molar-refractivity contribution in [1.82, 2.24) is 9.47 Å². The molecule has 3 nitrogen and oxygen atoms in total. The van der Waals surface area contributed by atoms with Crippen LogP contribution in [0.5, 0.6) is 0 Å². The fraction of sp³-hybridized carbons (Fsp3) is 0.333. The van der Waals surface area contributed by atoms with Crippen molar-refractivity contribution >= 4 is 22.5 Å². The van der Waals surface area contributed by atoms with E-state index in [1.165, 1.54) is 17.3 Å². The van der Waals surface area contributed by atoms with E-state index >= 15 is 0 Å². The second-order valence-corrected chi connectivity index (χ2v) is 7.48. The zero-order chi connectivity index (χ0) is 20.5. The number of rotatable bonds is 5. The first-order chi connectivity index (χ1) is 13.2. The largest absolute Gasteiger partial charge is 0.430 e. The highest BCUT2D eigenvalue weighted by Gasteiger charge is 2.30. The van der Waals surface area contributed by atoms with E-state index in [-0.39, 0.29) is 0 Å². The van der Waals surface area contributed by atoms with Crippen LogP contribution in [0.3, 0.4) is 0 Å². The standard InChI is InChI=1S/C21H23ClF3N3/c1-3-14(4-7-20(26)21(23,24)25)8-11-28-18-6-5-15(22)12-16(18)17-13-27(2)10-9-19(17)28/h3-7,12H,1,8-11,13,26H2,2H3/b14-4+,20-7-. The van der Waals surface area contributed by atoms with Crippen LogP contribution >= 0.6 is 11.6 Å². The van der Waals surface area contributed by atoms with Crippen LogP contribution in [0, 0.1) is 0 Å². The lowest BCUT2D eigenvalue weighted by atomic mass is 10.1. The lowest BCUT2D eigenvalue weighted by Gasteiger charge is -2.24. The molecule has 2 aromatic rings. The summed E-state index contributed by atoms with van der Waals surface area (Å²) in [4.78, 5) is 2.27. The summed E-state index contributed by atoms with van der Waals surface area (Å²) >= 11 is 6.21. The summed E-state index contributed by atoms with van der Waals surface area (Å²) in [6.07, 6.45) is 0.812. The number of allylic oxidation sites excluding steroid dienone is 5. The predicted octanol–water partition coefficient (Wildman–Crippen LogP) is 5.19. The normalized spacial score (nSPS) is 16.5. The Labute approximate surface area is 167 Å². The average Bonchev–Trinajstić information content (AvgIpc) is 2.93. The highest BCUT2D eigenvalue weighted by Crippen LogP contribution is 2.33. The van der Waals surface area contributed by atoms with Crippen LogP contribution in [0.15, 0.2) is 54.3 Å². The van der Waals surface area contributed by atoms with Crippen LogP contribution in [-0.4, -0.2) is 29.2 Å². The number of fused-ring (bicyclic) bond motifs is 3. The minimum atomic E-state index is -4.52. The molecule has 28 heavy (non-hydrogen) atoms. The van der Waals surface area contributed by atoms with Crippen LogP contribution in [0.4, 0.5) is 13.2 Å². The van der Waals surface area contributed by atoms with Crippen molar-refractivity contribution < 1.29 is 13.2 Å². The molecule has 0 atom stereocenters. The smallest absolute Gasteiger partial charge is 0.395 e. The second-order valence-electron chi connectivity index (χ2n) is 7.04. The quantitative estimate of drug-likeness (QED) is 0.689. The number of hydrogen-bond donors (Lipinski definition) is 1. The van der Waals surface area contributed by atoms with Crippen LogP contribution in [0.1, 0.15) is 17.7 Å². The molecule has 3 rings (SSSR count). The molecule has 2 N–H and O–H groups in total. The van der Waals surface area contributed by atoms with E-state index < -0.39 is 11.9 Å². The third kappa shape index (κ3) is 4.28. The lowest BCUT2D eigenvalue weighted by molar-refractivity contribution is -0.0926. The maximum atomic E-state index is 12.6. The van der Waals surface area contributed by atoms with Crippen LogP contribution in [-0.2, 0) is 19.5 Å². The van der Waals surface area contributed by atoms with Crippen molar-refractivity contribution in [3.8, 4) is 0 Å². The SMILES string of the molecule is C=C/C(=C\C=C(/N)C(F)(F)F)CCn1c2c(c3cc(Cl)ccc31)CN(C)CC2. The molecule has 0 radical (unpaired) electrons. The minimum Gasteiger partial charge on any atom is -0.395 e. The van der Waals surface area contributed by atoms with Gasteiger partial charge in [-0.05, 0) is 48.9 Å². The van der Waals surface area contributed by atoms with Gasteiger partial charge >= 0.3 is 6.18 Å². The molecule has 7 heteroatoms. The van der Waals surface area contributed by atoms with Gasteiger partial charge in [0.1, 0.15) is 5.70 Å². The first-order valence-electron chi connectivity index (χ1n) is 9.04. The lowest BCUT2D eigenvalue weighted by Crippen LogP contribution is -2.27. The molecule has 0 unspecified atom stereocenters. The molecule has 1 aromatic carbocycles. The van der Waals surface area contributed by atoms with Gasteiger partial charge < -0.3 is 15.2 Å². The van der Waals surface area contributed by atoms with Crippen LogP contribution in [0.2, 0.25) is 5.02 Å². The first kappa shape index (κ1) is 20.6.